The number of hydrogen-bond donors (Lipinski definition) is 1. The minimum absolute atomic E-state index is 0.0465. The van der Waals surface area contributed by atoms with Gasteiger partial charge in [0.1, 0.15) is 17.3 Å². The van der Waals surface area contributed by atoms with Gasteiger partial charge in [0.05, 0.1) is 11.0 Å². The van der Waals surface area contributed by atoms with E-state index < -0.39 is 34.1 Å². The average molecular weight is 339 g/mol. The highest BCUT2D eigenvalue weighted by molar-refractivity contribution is 5.62. The van der Waals surface area contributed by atoms with Gasteiger partial charge < -0.3 is 10.2 Å². The molecule has 1 N–H and O–H groups in total. The number of hydrogen-bond acceptors (Lipinski definition) is 4. The molecule has 0 aliphatic heterocycles. The minimum Gasteiger partial charge on any atom is -0.377 e. The normalized spacial score (nSPS) is 12.2. The molecule has 8 heteroatoms. The number of para-hydroxylation sites is 1. The average Bonchev–Trinajstić information content (AvgIpc) is 2.49. The van der Waals surface area contributed by atoms with Crippen LogP contribution in [0.15, 0.2) is 36.4 Å². The molecule has 0 fully saturated rings. The van der Waals surface area contributed by atoms with Crippen LogP contribution in [0.1, 0.15) is 11.6 Å². The number of anilines is 1. The highest BCUT2D eigenvalue weighted by Crippen LogP contribution is 2.29. The number of benzene rings is 2. The summed E-state index contributed by atoms with van der Waals surface area (Å²) in [4.78, 5) is 11.7. The first kappa shape index (κ1) is 17.7. The van der Waals surface area contributed by atoms with Crippen LogP contribution in [0, 0.1) is 27.6 Å². The number of likely N-dealkylation sites (N-methyl/N-ethyl adjacent to an activating group) is 1. The van der Waals surface area contributed by atoms with Gasteiger partial charge in [-0.1, -0.05) is 12.1 Å². The zero-order valence-electron chi connectivity index (χ0n) is 13.1. The maximum atomic E-state index is 14.0. The number of nitro benzene ring substituents is 1. The zero-order valence-corrected chi connectivity index (χ0v) is 13.1. The number of halogens is 3. The van der Waals surface area contributed by atoms with E-state index in [-0.39, 0.29) is 17.8 Å². The maximum Gasteiger partial charge on any atom is 0.327 e. The highest BCUT2D eigenvalue weighted by atomic mass is 19.1. The molecular formula is C16H16F3N3O2. The van der Waals surface area contributed by atoms with Crippen LogP contribution in [0.5, 0.6) is 0 Å². The van der Waals surface area contributed by atoms with E-state index >= 15 is 0 Å². The van der Waals surface area contributed by atoms with Crippen LogP contribution < -0.4 is 5.32 Å². The summed E-state index contributed by atoms with van der Waals surface area (Å²) >= 11 is 0. The van der Waals surface area contributed by atoms with Gasteiger partial charge in [0.15, 0.2) is 0 Å². The van der Waals surface area contributed by atoms with Gasteiger partial charge in [-0.2, -0.15) is 4.39 Å². The summed E-state index contributed by atoms with van der Waals surface area (Å²) in [5.74, 6) is -2.42. The van der Waals surface area contributed by atoms with Crippen LogP contribution in [-0.4, -0.2) is 30.5 Å². The molecule has 0 radical (unpaired) electrons. The second-order valence-electron chi connectivity index (χ2n) is 5.39. The van der Waals surface area contributed by atoms with Crippen LogP contribution in [-0.2, 0) is 0 Å². The van der Waals surface area contributed by atoms with Gasteiger partial charge in [0.2, 0.25) is 5.82 Å². The Labute approximate surface area is 136 Å². The Kier molecular flexibility index (Phi) is 5.40. The Hall–Kier alpha value is -2.61. The van der Waals surface area contributed by atoms with Crippen molar-refractivity contribution >= 4 is 11.4 Å². The molecule has 1 atom stereocenters. The third-order valence-electron chi connectivity index (χ3n) is 3.61. The number of nitrogens with one attached hydrogen (secondary N) is 1. The fourth-order valence-electron chi connectivity index (χ4n) is 2.42. The maximum absolute atomic E-state index is 14.0. The van der Waals surface area contributed by atoms with Crippen molar-refractivity contribution in [2.45, 2.75) is 6.04 Å². The van der Waals surface area contributed by atoms with E-state index in [0.717, 1.165) is 18.2 Å². The predicted molar refractivity (Wildman–Crippen MR) is 84.3 cm³/mol. The lowest BCUT2D eigenvalue weighted by Crippen LogP contribution is -2.28. The van der Waals surface area contributed by atoms with Gasteiger partial charge in [0, 0.05) is 12.1 Å². The molecule has 5 nitrogen and oxygen atoms in total. The minimum atomic E-state index is -0.983. The monoisotopic (exact) mass is 339 g/mol. The molecular weight excluding hydrogens is 323 g/mol. The predicted octanol–water partition coefficient (Wildman–Crippen LogP) is 3.73. The molecule has 0 aliphatic rings. The van der Waals surface area contributed by atoms with Crippen molar-refractivity contribution in [3.63, 3.8) is 0 Å². The van der Waals surface area contributed by atoms with E-state index in [1.807, 2.05) is 0 Å². The quantitative estimate of drug-likeness (QED) is 0.644. The summed E-state index contributed by atoms with van der Waals surface area (Å²) in [7, 11) is 3.25. The molecule has 0 amide bonds. The molecule has 24 heavy (non-hydrogen) atoms. The standard InChI is InChI=1S/C16H16F3N3O2/c1-21(2)14(15-10(17)5-3-6-11(15)18)9-20-13-8-4-7-12(19)16(13)22(23)24/h3-8,14,20H,9H2,1-2H3. The van der Waals surface area contributed by atoms with E-state index in [9.17, 15) is 23.3 Å². The first-order valence-electron chi connectivity index (χ1n) is 7.10. The first-order chi connectivity index (χ1) is 11.3. The lowest BCUT2D eigenvalue weighted by molar-refractivity contribution is -0.386. The Balaban J connectivity index is 2.32. The van der Waals surface area contributed by atoms with Crippen LogP contribution >= 0.6 is 0 Å². The smallest absolute Gasteiger partial charge is 0.327 e. The molecule has 2 rings (SSSR count). The molecule has 0 bridgehead atoms. The zero-order chi connectivity index (χ0) is 17.9. The van der Waals surface area contributed by atoms with Crippen LogP contribution in [0.25, 0.3) is 0 Å². The lowest BCUT2D eigenvalue weighted by Gasteiger charge is -2.26. The third-order valence-corrected chi connectivity index (χ3v) is 3.61. The SMILES string of the molecule is CN(C)C(CNc1cccc(F)c1[N+](=O)[O-])c1c(F)cccc1F. The summed E-state index contributed by atoms with van der Waals surface area (Å²) in [5.41, 5.74) is -0.915. The fraction of sp³-hybridized carbons (Fsp3) is 0.250. The number of nitrogens with zero attached hydrogens (tertiary/aromatic N) is 2. The van der Waals surface area contributed by atoms with E-state index in [1.165, 1.54) is 18.2 Å². The first-order valence-corrected chi connectivity index (χ1v) is 7.10. The molecule has 2 aromatic rings. The molecule has 0 aromatic heterocycles. The van der Waals surface area contributed by atoms with Gasteiger partial charge in [-0.3, -0.25) is 10.1 Å². The van der Waals surface area contributed by atoms with E-state index in [2.05, 4.69) is 5.32 Å². The number of rotatable bonds is 6. The van der Waals surface area contributed by atoms with Gasteiger partial charge in [-0.15, -0.1) is 0 Å². The van der Waals surface area contributed by atoms with Crippen molar-refractivity contribution in [3.8, 4) is 0 Å². The lowest BCUT2D eigenvalue weighted by atomic mass is 10.0. The van der Waals surface area contributed by atoms with Gasteiger partial charge in [-0.25, -0.2) is 8.78 Å². The van der Waals surface area contributed by atoms with Crippen LogP contribution in [0.4, 0.5) is 24.5 Å². The molecule has 0 heterocycles. The third kappa shape index (κ3) is 3.65. The van der Waals surface area contributed by atoms with Crippen molar-refractivity contribution < 1.29 is 18.1 Å². The van der Waals surface area contributed by atoms with Crippen LogP contribution in [0.2, 0.25) is 0 Å². The largest absolute Gasteiger partial charge is 0.377 e. The van der Waals surface area contributed by atoms with E-state index in [4.69, 9.17) is 0 Å². The summed E-state index contributed by atoms with van der Waals surface area (Å²) < 4.78 is 41.6. The van der Waals surface area contributed by atoms with Crippen molar-refractivity contribution in [1.82, 2.24) is 4.90 Å². The Bertz CT molecular complexity index is 733. The van der Waals surface area contributed by atoms with Crippen LogP contribution in [0.3, 0.4) is 0 Å². The molecule has 0 spiro atoms. The van der Waals surface area contributed by atoms with Gasteiger partial charge in [-0.05, 0) is 38.4 Å². The van der Waals surface area contributed by atoms with Gasteiger partial charge >= 0.3 is 5.69 Å². The Morgan fingerprint density at radius 1 is 1.08 bits per heavy atom. The molecule has 1 unspecified atom stereocenters. The van der Waals surface area contributed by atoms with Gasteiger partial charge in [0.25, 0.3) is 0 Å². The van der Waals surface area contributed by atoms with Crippen molar-refractivity contribution in [2.75, 3.05) is 26.0 Å². The second kappa shape index (κ2) is 7.31. The molecule has 2 aromatic carbocycles. The fourth-order valence-corrected chi connectivity index (χ4v) is 2.42. The van der Waals surface area contributed by atoms with Crippen molar-refractivity contribution in [3.05, 3.63) is 69.5 Å². The summed E-state index contributed by atoms with van der Waals surface area (Å²) in [6.45, 7) is -0.0465. The summed E-state index contributed by atoms with van der Waals surface area (Å²) in [6, 6.07) is 6.42. The summed E-state index contributed by atoms with van der Waals surface area (Å²) in [6.07, 6.45) is 0. The molecule has 0 saturated carbocycles. The topological polar surface area (TPSA) is 58.4 Å². The second-order valence-corrected chi connectivity index (χ2v) is 5.39. The van der Waals surface area contributed by atoms with E-state index in [1.54, 1.807) is 19.0 Å². The molecule has 0 saturated heterocycles. The molecule has 0 aliphatic carbocycles. The summed E-state index contributed by atoms with van der Waals surface area (Å²) in [5, 5.41) is 13.7. The number of nitro groups is 1. The van der Waals surface area contributed by atoms with E-state index in [0.29, 0.717) is 0 Å². The Morgan fingerprint density at radius 3 is 2.17 bits per heavy atom. The Morgan fingerprint density at radius 2 is 1.62 bits per heavy atom. The van der Waals surface area contributed by atoms with Crippen molar-refractivity contribution in [2.24, 2.45) is 0 Å². The van der Waals surface area contributed by atoms with Crippen molar-refractivity contribution in [1.29, 1.82) is 0 Å². The molecule has 128 valence electrons. The highest BCUT2D eigenvalue weighted by Gasteiger charge is 2.24.